The molecular formula is C13H20N4. The Kier molecular flexibility index (Phi) is 4.92. The van der Waals surface area contributed by atoms with Crippen LogP contribution in [-0.4, -0.2) is 43.1 Å². The first-order valence-electron chi connectivity index (χ1n) is 5.86. The van der Waals surface area contributed by atoms with Crippen LogP contribution in [0.5, 0.6) is 0 Å². The van der Waals surface area contributed by atoms with E-state index in [0.717, 1.165) is 18.9 Å². The van der Waals surface area contributed by atoms with E-state index < -0.39 is 0 Å². The van der Waals surface area contributed by atoms with Crippen molar-refractivity contribution in [3.63, 3.8) is 0 Å². The van der Waals surface area contributed by atoms with Crippen LogP contribution in [0.4, 0.5) is 5.82 Å². The highest BCUT2D eigenvalue weighted by Crippen LogP contribution is 2.15. The maximum atomic E-state index is 8.90. The Morgan fingerprint density at radius 3 is 2.71 bits per heavy atom. The highest BCUT2D eigenvalue weighted by Gasteiger charge is 2.14. The highest BCUT2D eigenvalue weighted by atomic mass is 15.2. The Labute approximate surface area is 103 Å². The molecule has 0 amide bonds. The van der Waals surface area contributed by atoms with Gasteiger partial charge in [0.1, 0.15) is 5.82 Å². The summed E-state index contributed by atoms with van der Waals surface area (Å²) in [5.74, 6) is 0.876. The van der Waals surface area contributed by atoms with Crippen molar-refractivity contribution in [3.05, 3.63) is 23.9 Å². The molecule has 1 aromatic heterocycles. The number of pyridine rings is 1. The Balaban J connectivity index is 2.89. The predicted molar refractivity (Wildman–Crippen MR) is 70.0 cm³/mol. The van der Waals surface area contributed by atoms with Gasteiger partial charge in [0.15, 0.2) is 0 Å². The zero-order valence-electron chi connectivity index (χ0n) is 11.0. The van der Waals surface area contributed by atoms with E-state index in [1.54, 1.807) is 12.3 Å². The number of aromatic nitrogens is 1. The summed E-state index contributed by atoms with van der Waals surface area (Å²) in [6.07, 6.45) is 1.69. The third-order valence-corrected chi connectivity index (χ3v) is 2.67. The molecule has 17 heavy (non-hydrogen) atoms. The fraction of sp³-hybridized carbons (Fsp3) is 0.538. The molecule has 0 N–H and O–H groups in total. The second kappa shape index (κ2) is 6.21. The summed E-state index contributed by atoms with van der Waals surface area (Å²) in [4.78, 5) is 8.71. The molecule has 0 aliphatic carbocycles. The molecule has 0 spiro atoms. The first-order valence-corrected chi connectivity index (χ1v) is 5.86. The van der Waals surface area contributed by atoms with E-state index in [4.69, 9.17) is 5.26 Å². The van der Waals surface area contributed by atoms with Crippen LogP contribution in [0.15, 0.2) is 18.3 Å². The van der Waals surface area contributed by atoms with Gasteiger partial charge in [0.25, 0.3) is 0 Å². The van der Waals surface area contributed by atoms with Crippen molar-refractivity contribution in [2.75, 3.05) is 32.1 Å². The number of hydrogen-bond donors (Lipinski definition) is 0. The van der Waals surface area contributed by atoms with Crippen molar-refractivity contribution < 1.29 is 0 Å². The topological polar surface area (TPSA) is 43.2 Å². The minimum absolute atomic E-state index is 0.372. The molecule has 1 unspecified atom stereocenters. The summed E-state index contributed by atoms with van der Waals surface area (Å²) < 4.78 is 0. The van der Waals surface area contributed by atoms with E-state index in [1.807, 2.05) is 6.07 Å². The molecule has 0 aliphatic heterocycles. The highest BCUT2D eigenvalue weighted by molar-refractivity contribution is 5.45. The van der Waals surface area contributed by atoms with E-state index in [-0.39, 0.29) is 0 Å². The quantitative estimate of drug-likeness (QED) is 0.775. The van der Waals surface area contributed by atoms with Gasteiger partial charge in [-0.1, -0.05) is 0 Å². The fourth-order valence-corrected chi connectivity index (χ4v) is 1.97. The maximum absolute atomic E-state index is 8.90. The van der Waals surface area contributed by atoms with Gasteiger partial charge in [-0.2, -0.15) is 5.26 Å². The van der Waals surface area contributed by atoms with Crippen molar-refractivity contribution in [2.24, 2.45) is 0 Å². The molecule has 0 aliphatic rings. The number of hydrogen-bond acceptors (Lipinski definition) is 4. The van der Waals surface area contributed by atoms with Crippen LogP contribution >= 0.6 is 0 Å². The molecule has 1 heterocycles. The van der Waals surface area contributed by atoms with Crippen LogP contribution < -0.4 is 4.90 Å². The SMILES string of the molecule is CCN(c1cc(C#N)ccn1)C(C)CN(C)C. The molecule has 0 bridgehead atoms. The second-order valence-corrected chi connectivity index (χ2v) is 4.41. The van der Waals surface area contributed by atoms with Crippen LogP contribution in [-0.2, 0) is 0 Å². The summed E-state index contributed by atoms with van der Waals surface area (Å²) in [7, 11) is 4.12. The number of nitriles is 1. The minimum Gasteiger partial charge on any atom is -0.353 e. The van der Waals surface area contributed by atoms with Gasteiger partial charge >= 0.3 is 0 Å². The van der Waals surface area contributed by atoms with Crippen molar-refractivity contribution in [2.45, 2.75) is 19.9 Å². The Morgan fingerprint density at radius 1 is 1.47 bits per heavy atom. The average molecular weight is 232 g/mol. The van der Waals surface area contributed by atoms with Crippen molar-refractivity contribution >= 4 is 5.82 Å². The van der Waals surface area contributed by atoms with E-state index in [0.29, 0.717) is 11.6 Å². The molecule has 1 rings (SSSR count). The summed E-state index contributed by atoms with van der Waals surface area (Å²) >= 11 is 0. The lowest BCUT2D eigenvalue weighted by molar-refractivity contribution is 0.372. The summed E-state index contributed by atoms with van der Waals surface area (Å²) in [6, 6.07) is 6.09. The number of rotatable bonds is 5. The fourth-order valence-electron chi connectivity index (χ4n) is 1.97. The van der Waals surface area contributed by atoms with E-state index >= 15 is 0 Å². The molecule has 1 aromatic rings. The van der Waals surface area contributed by atoms with Gasteiger partial charge in [0, 0.05) is 25.3 Å². The molecule has 4 nitrogen and oxygen atoms in total. The number of anilines is 1. The third kappa shape index (κ3) is 3.72. The molecule has 0 saturated carbocycles. The van der Waals surface area contributed by atoms with Crippen molar-refractivity contribution in [1.82, 2.24) is 9.88 Å². The van der Waals surface area contributed by atoms with Crippen molar-refractivity contribution in [1.29, 1.82) is 5.26 Å². The molecule has 4 heteroatoms. The zero-order chi connectivity index (χ0) is 12.8. The third-order valence-electron chi connectivity index (χ3n) is 2.67. The smallest absolute Gasteiger partial charge is 0.130 e. The lowest BCUT2D eigenvalue weighted by Gasteiger charge is -2.31. The normalized spacial score (nSPS) is 12.2. The molecular weight excluding hydrogens is 212 g/mol. The largest absolute Gasteiger partial charge is 0.353 e. The number of nitrogens with zero attached hydrogens (tertiary/aromatic N) is 4. The molecule has 1 atom stereocenters. The first kappa shape index (κ1) is 13.5. The average Bonchev–Trinajstić information content (AvgIpc) is 2.29. The Hall–Kier alpha value is -1.60. The zero-order valence-corrected chi connectivity index (χ0v) is 11.0. The summed E-state index contributed by atoms with van der Waals surface area (Å²) in [5, 5.41) is 8.90. The maximum Gasteiger partial charge on any atom is 0.130 e. The Morgan fingerprint density at radius 2 is 2.18 bits per heavy atom. The molecule has 0 fully saturated rings. The van der Waals surface area contributed by atoms with Crippen LogP contribution in [0, 0.1) is 11.3 Å². The van der Waals surface area contributed by atoms with Gasteiger partial charge in [0.2, 0.25) is 0 Å². The molecule has 92 valence electrons. The number of likely N-dealkylation sites (N-methyl/N-ethyl adjacent to an activating group) is 2. The van der Waals surface area contributed by atoms with Crippen LogP contribution in [0.25, 0.3) is 0 Å². The standard InChI is InChI=1S/C13H20N4/c1-5-17(11(2)10-16(3)4)13-8-12(9-14)6-7-15-13/h6-8,11H,5,10H2,1-4H3. The summed E-state index contributed by atoms with van der Waals surface area (Å²) in [5.41, 5.74) is 0.658. The van der Waals surface area contributed by atoms with Crippen LogP contribution in [0.2, 0.25) is 0 Å². The molecule has 0 aromatic carbocycles. The molecule has 0 radical (unpaired) electrons. The monoisotopic (exact) mass is 232 g/mol. The first-order chi connectivity index (χ1) is 8.08. The van der Waals surface area contributed by atoms with Gasteiger partial charge in [-0.15, -0.1) is 0 Å². The Bertz CT molecular complexity index is 395. The van der Waals surface area contributed by atoms with Crippen LogP contribution in [0.3, 0.4) is 0 Å². The van der Waals surface area contributed by atoms with Gasteiger partial charge in [-0.25, -0.2) is 4.98 Å². The van der Waals surface area contributed by atoms with Gasteiger partial charge in [-0.05, 0) is 40.1 Å². The van der Waals surface area contributed by atoms with Crippen molar-refractivity contribution in [3.8, 4) is 6.07 Å². The lowest BCUT2D eigenvalue weighted by Crippen LogP contribution is -2.40. The summed E-state index contributed by atoms with van der Waals surface area (Å²) in [6.45, 7) is 6.13. The minimum atomic E-state index is 0.372. The van der Waals surface area contributed by atoms with E-state index in [1.165, 1.54) is 0 Å². The van der Waals surface area contributed by atoms with Gasteiger partial charge in [0.05, 0.1) is 11.6 Å². The van der Waals surface area contributed by atoms with E-state index in [2.05, 4.69) is 48.8 Å². The van der Waals surface area contributed by atoms with Gasteiger partial charge in [-0.3, -0.25) is 0 Å². The lowest BCUT2D eigenvalue weighted by atomic mass is 10.2. The van der Waals surface area contributed by atoms with Crippen LogP contribution in [0.1, 0.15) is 19.4 Å². The molecule has 0 saturated heterocycles. The predicted octanol–water partition coefficient (Wildman–Crippen LogP) is 1.73. The van der Waals surface area contributed by atoms with Gasteiger partial charge < -0.3 is 9.80 Å². The van der Waals surface area contributed by atoms with E-state index in [9.17, 15) is 0 Å². The second-order valence-electron chi connectivity index (χ2n) is 4.41.